The number of hydrogen-bond donors (Lipinski definition) is 1. The summed E-state index contributed by atoms with van der Waals surface area (Å²) in [7, 11) is 0. The average Bonchev–Trinajstić information content (AvgIpc) is 3.03. The Morgan fingerprint density at radius 3 is 2.77 bits per heavy atom. The molecule has 0 radical (unpaired) electrons. The highest BCUT2D eigenvalue weighted by Gasteiger charge is 2.30. The van der Waals surface area contributed by atoms with Crippen molar-refractivity contribution in [3.05, 3.63) is 34.2 Å². The van der Waals surface area contributed by atoms with Crippen molar-refractivity contribution in [2.24, 2.45) is 0 Å². The molecule has 1 aliphatic heterocycles. The first-order valence-electron chi connectivity index (χ1n) is 7.51. The van der Waals surface area contributed by atoms with Gasteiger partial charge in [0.25, 0.3) is 11.2 Å². The lowest BCUT2D eigenvalue weighted by Gasteiger charge is -2.28. The lowest BCUT2D eigenvalue weighted by Crippen LogP contribution is -2.37. The van der Waals surface area contributed by atoms with Crippen molar-refractivity contribution in [2.45, 2.75) is 19.3 Å². The van der Waals surface area contributed by atoms with Crippen molar-refractivity contribution in [1.29, 1.82) is 0 Å². The van der Waals surface area contributed by atoms with E-state index in [4.69, 9.17) is 4.74 Å². The molecule has 2 aliphatic rings. The third-order valence-electron chi connectivity index (χ3n) is 4.50. The fourth-order valence-corrected chi connectivity index (χ4v) is 3.37. The Morgan fingerprint density at radius 1 is 1.23 bits per heavy atom. The minimum absolute atomic E-state index is 0.213. The molecule has 0 saturated carbocycles. The fraction of sp³-hybridized carbons (Fsp3) is 0.467. The summed E-state index contributed by atoms with van der Waals surface area (Å²) in [4.78, 5) is 14.4. The standard InChI is InChI=1S/C15H17FN3O3/c16-10-8-14-15(9-13(10)17-4-6-22-7-5-17)19(21)12-3-1-2-11(12)18(14)20/h8-9,20H,1-7H2/q+1. The Balaban J connectivity index is 1.95. The maximum absolute atomic E-state index is 14.4. The van der Waals surface area contributed by atoms with Gasteiger partial charge in [0, 0.05) is 36.6 Å². The molecule has 1 aromatic heterocycles. The minimum atomic E-state index is -0.435. The molecule has 1 aliphatic carbocycles. The number of benzene rings is 1. The van der Waals surface area contributed by atoms with Crippen LogP contribution in [0.4, 0.5) is 10.1 Å². The van der Waals surface area contributed by atoms with Crippen molar-refractivity contribution in [2.75, 3.05) is 31.2 Å². The second-order valence-corrected chi connectivity index (χ2v) is 5.74. The number of nitrogens with zero attached hydrogens (tertiary/aromatic N) is 3. The molecule has 1 aromatic carbocycles. The Bertz CT molecular complexity index is 812. The van der Waals surface area contributed by atoms with Crippen LogP contribution < -0.4 is 9.33 Å². The normalized spacial score (nSPS) is 18.0. The summed E-state index contributed by atoms with van der Waals surface area (Å²) < 4.78 is 21.5. The zero-order chi connectivity index (χ0) is 15.3. The number of halogens is 1. The largest absolute Gasteiger partial charge is 0.428 e. The van der Waals surface area contributed by atoms with Crippen LogP contribution >= 0.6 is 0 Å². The van der Waals surface area contributed by atoms with Crippen molar-refractivity contribution in [1.82, 2.24) is 4.73 Å². The van der Waals surface area contributed by atoms with Crippen molar-refractivity contribution in [3.8, 4) is 0 Å². The van der Waals surface area contributed by atoms with Gasteiger partial charge in [-0.05, 0) is 12.8 Å². The molecule has 0 amide bonds. The van der Waals surface area contributed by atoms with Gasteiger partial charge < -0.3 is 14.8 Å². The van der Waals surface area contributed by atoms with Gasteiger partial charge in [0.1, 0.15) is 11.5 Å². The molecule has 1 saturated heterocycles. The second-order valence-electron chi connectivity index (χ2n) is 5.74. The van der Waals surface area contributed by atoms with Crippen LogP contribution in [0.15, 0.2) is 12.1 Å². The number of morpholine rings is 1. The number of hydrogen-bond acceptors (Lipinski definition) is 4. The molecule has 22 heavy (non-hydrogen) atoms. The highest BCUT2D eigenvalue weighted by molar-refractivity contribution is 5.77. The zero-order valence-corrected chi connectivity index (χ0v) is 12.1. The molecule has 0 spiro atoms. The summed E-state index contributed by atoms with van der Waals surface area (Å²) in [5.74, 6) is -0.435. The van der Waals surface area contributed by atoms with Crippen LogP contribution in [0, 0.1) is 10.7 Å². The van der Waals surface area contributed by atoms with Crippen molar-refractivity contribution >= 4 is 16.7 Å². The van der Waals surface area contributed by atoms with Gasteiger partial charge in [0.05, 0.1) is 23.3 Å². The van der Waals surface area contributed by atoms with E-state index in [1.807, 2.05) is 4.90 Å². The van der Waals surface area contributed by atoms with E-state index in [9.17, 15) is 14.5 Å². The molecule has 1 fully saturated rings. The van der Waals surface area contributed by atoms with Gasteiger partial charge in [-0.2, -0.15) is 4.73 Å². The lowest BCUT2D eigenvalue weighted by molar-refractivity contribution is -0.475. The molecule has 2 aromatic rings. The third-order valence-corrected chi connectivity index (χ3v) is 4.50. The molecule has 2 heterocycles. The highest BCUT2D eigenvalue weighted by atomic mass is 19.1. The molecule has 116 valence electrons. The summed E-state index contributed by atoms with van der Waals surface area (Å²) in [5, 5.41) is 10.3. The maximum atomic E-state index is 14.4. The van der Waals surface area contributed by atoms with Gasteiger partial charge in [0.15, 0.2) is 5.52 Å². The number of rotatable bonds is 1. The van der Waals surface area contributed by atoms with E-state index in [1.165, 1.54) is 12.1 Å². The van der Waals surface area contributed by atoms with Crippen LogP contribution in [-0.2, 0) is 17.6 Å². The Morgan fingerprint density at radius 2 is 2.00 bits per heavy atom. The Hall–Kier alpha value is -2.15. The average molecular weight is 306 g/mol. The molecule has 7 heteroatoms. The Labute approximate surface area is 125 Å². The number of fused-ring (bicyclic) bond motifs is 2. The summed E-state index contributed by atoms with van der Waals surface area (Å²) >= 11 is 0. The molecule has 1 N–H and O–H groups in total. The van der Waals surface area contributed by atoms with Gasteiger partial charge in [0.2, 0.25) is 0 Å². The van der Waals surface area contributed by atoms with E-state index in [0.717, 1.165) is 15.6 Å². The van der Waals surface area contributed by atoms with E-state index >= 15 is 0 Å². The first-order valence-corrected chi connectivity index (χ1v) is 7.51. The molecule has 6 nitrogen and oxygen atoms in total. The maximum Gasteiger partial charge on any atom is 0.292 e. The molecule has 0 unspecified atom stereocenters. The topological polar surface area (TPSA) is 60.6 Å². The van der Waals surface area contributed by atoms with Crippen LogP contribution in [0.1, 0.15) is 17.8 Å². The second kappa shape index (κ2) is 4.95. The third kappa shape index (κ3) is 1.89. The van der Waals surface area contributed by atoms with E-state index < -0.39 is 5.82 Å². The molecular formula is C15H17FN3O3+. The van der Waals surface area contributed by atoms with Crippen LogP contribution in [0.5, 0.6) is 0 Å². The predicted octanol–water partition coefficient (Wildman–Crippen LogP) is 1.26. The summed E-state index contributed by atoms with van der Waals surface area (Å²) in [6.07, 6.45) is 2.10. The summed E-state index contributed by atoms with van der Waals surface area (Å²) in [6, 6.07) is 2.78. The van der Waals surface area contributed by atoms with Gasteiger partial charge in [-0.25, -0.2) is 4.39 Å². The van der Waals surface area contributed by atoms with E-state index in [1.54, 1.807) is 0 Å². The highest BCUT2D eigenvalue weighted by Crippen LogP contribution is 2.28. The summed E-state index contributed by atoms with van der Waals surface area (Å²) in [6.45, 7) is 2.26. The first-order chi connectivity index (χ1) is 10.7. The zero-order valence-electron chi connectivity index (χ0n) is 12.1. The van der Waals surface area contributed by atoms with Gasteiger partial charge in [-0.1, -0.05) is 0 Å². The molecular weight excluding hydrogens is 289 g/mol. The van der Waals surface area contributed by atoms with Gasteiger partial charge in [-0.15, -0.1) is 0 Å². The van der Waals surface area contributed by atoms with E-state index in [0.29, 0.717) is 61.7 Å². The minimum Gasteiger partial charge on any atom is -0.428 e. The van der Waals surface area contributed by atoms with Crippen molar-refractivity contribution < 1.29 is 18.8 Å². The molecule has 0 atom stereocenters. The monoisotopic (exact) mass is 306 g/mol. The van der Waals surface area contributed by atoms with Crippen LogP contribution in [0.25, 0.3) is 11.0 Å². The SMILES string of the molecule is O=[n+]1c2c(n(O)c3cc(F)c(N4CCOCC4)cc31)CCC2. The van der Waals surface area contributed by atoms with Gasteiger partial charge in [-0.3, -0.25) is 0 Å². The number of ether oxygens (including phenoxy) is 1. The Kier molecular flexibility index (Phi) is 3.04. The number of anilines is 1. The first kappa shape index (κ1) is 13.5. The van der Waals surface area contributed by atoms with Crippen LogP contribution in [0.2, 0.25) is 0 Å². The van der Waals surface area contributed by atoms with Gasteiger partial charge >= 0.3 is 0 Å². The fourth-order valence-electron chi connectivity index (χ4n) is 3.37. The summed E-state index contributed by atoms with van der Waals surface area (Å²) in [5.41, 5.74) is 2.06. The molecule has 4 rings (SSSR count). The van der Waals surface area contributed by atoms with Crippen LogP contribution in [-0.4, -0.2) is 36.2 Å². The molecule has 0 bridgehead atoms. The van der Waals surface area contributed by atoms with E-state index in [2.05, 4.69) is 0 Å². The quantitative estimate of drug-likeness (QED) is 0.636. The predicted molar refractivity (Wildman–Crippen MR) is 77.5 cm³/mol. The lowest BCUT2D eigenvalue weighted by atomic mass is 10.2. The van der Waals surface area contributed by atoms with Crippen molar-refractivity contribution in [3.63, 3.8) is 0 Å². The number of aromatic nitrogens is 2. The smallest absolute Gasteiger partial charge is 0.292 e. The van der Waals surface area contributed by atoms with E-state index in [-0.39, 0.29) is 5.52 Å². The van der Waals surface area contributed by atoms with Crippen LogP contribution in [0.3, 0.4) is 0 Å².